The Hall–Kier alpha value is -0.570. The van der Waals surface area contributed by atoms with Gasteiger partial charge in [-0.3, -0.25) is 4.79 Å². The molecule has 0 heterocycles. The molecule has 0 aromatic heterocycles. The summed E-state index contributed by atoms with van der Waals surface area (Å²) in [6, 6.07) is 0.330. The summed E-state index contributed by atoms with van der Waals surface area (Å²) >= 11 is 0. The van der Waals surface area contributed by atoms with Gasteiger partial charge >= 0.3 is 0 Å². The number of carbonyl (C=O) groups is 1. The lowest BCUT2D eigenvalue weighted by Crippen LogP contribution is -2.56. The number of hydrogen-bond donors (Lipinski definition) is 2. The largest absolute Gasteiger partial charge is 0.352 e. The molecule has 0 aromatic rings. The van der Waals surface area contributed by atoms with E-state index in [4.69, 9.17) is 5.73 Å². The third kappa shape index (κ3) is 3.70. The Morgan fingerprint density at radius 1 is 1.29 bits per heavy atom. The molecule has 1 amide bonds. The van der Waals surface area contributed by atoms with Crippen molar-refractivity contribution in [2.75, 3.05) is 0 Å². The average molecular weight is 240 g/mol. The van der Waals surface area contributed by atoms with Crippen molar-refractivity contribution in [2.24, 2.45) is 11.1 Å². The molecular weight excluding hydrogens is 212 g/mol. The van der Waals surface area contributed by atoms with Crippen LogP contribution >= 0.6 is 0 Å². The molecule has 3 N–H and O–H groups in total. The Morgan fingerprint density at radius 3 is 2.18 bits per heavy atom. The lowest BCUT2D eigenvalue weighted by molar-refractivity contribution is -0.127. The molecule has 1 aliphatic rings. The van der Waals surface area contributed by atoms with E-state index in [2.05, 4.69) is 19.2 Å². The van der Waals surface area contributed by atoms with Crippen LogP contribution in [-0.2, 0) is 4.79 Å². The Labute approximate surface area is 106 Å². The van der Waals surface area contributed by atoms with Gasteiger partial charge in [-0.2, -0.15) is 0 Å². The van der Waals surface area contributed by atoms with Crippen molar-refractivity contribution in [3.63, 3.8) is 0 Å². The van der Waals surface area contributed by atoms with Crippen LogP contribution in [0.4, 0.5) is 0 Å². The molecule has 1 aliphatic carbocycles. The van der Waals surface area contributed by atoms with Gasteiger partial charge in [-0.15, -0.1) is 0 Å². The van der Waals surface area contributed by atoms with E-state index >= 15 is 0 Å². The molecule has 100 valence electrons. The van der Waals surface area contributed by atoms with Crippen LogP contribution in [0.15, 0.2) is 0 Å². The van der Waals surface area contributed by atoms with Gasteiger partial charge in [-0.05, 0) is 43.9 Å². The summed E-state index contributed by atoms with van der Waals surface area (Å²) in [5, 5.41) is 3.14. The molecule has 1 fully saturated rings. The highest BCUT2D eigenvalue weighted by atomic mass is 16.2. The van der Waals surface area contributed by atoms with E-state index in [-0.39, 0.29) is 5.91 Å². The molecule has 17 heavy (non-hydrogen) atoms. The van der Waals surface area contributed by atoms with E-state index in [0.717, 1.165) is 12.8 Å². The molecule has 0 spiro atoms. The second-order valence-corrected chi connectivity index (χ2v) is 6.28. The Bertz CT molecular complexity index is 259. The van der Waals surface area contributed by atoms with E-state index in [1.165, 1.54) is 12.8 Å². The van der Waals surface area contributed by atoms with Crippen molar-refractivity contribution < 1.29 is 4.79 Å². The molecule has 0 unspecified atom stereocenters. The van der Waals surface area contributed by atoms with E-state index in [0.29, 0.717) is 24.3 Å². The van der Waals surface area contributed by atoms with Gasteiger partial charge < -0.3 is 11.1 Å². The Morgan fingerprint density at radius 2 is 1.76 bits per heavy atom. The highest BCUT2D eigenvalue weighted by molar-refractivity contribution is 5.86. The molecule has 0 aromatic carbocycles. The summed E-state index contributed by atoms with van der Waals surface area (Å²) in [5.41, 5.74) is 5.87. The highest BCUT2D eigenvalue weighted by Crippen LogP contribution is 2.35. The predicted octanol–water partition coefficient (Wildman–Crippen LogP) is 2.59. The van der Waals surface area contributed by atoms with Gasteiger partial charge in [0.05, 0.1) is 5.54 Å². The minimum Gasteiger partial charge on any atom is -0.352 e. The molecule has 1 rings (SSSR count). The molecule has 3 nitrogen and oxygen atoms in total. The van der Waals surface area contributed by atoms with Crippen molar-refractivity contribution >= 4 is 5.91 Å². The smallest absolute Gasteiger partial charge is 0.240 e. The zero-order chi connectivity index (χ0) is 13.1. The van der Waals surface area contributed by atoms with Crippen LogP contribution in [0.5, 0.6) is 0 Å². The summed E-state index contributed by atoms with van der Waals surface area (Å²) < 4.78 is 0. The third-order valence-corrected chi connectivity index (χ3v) is 4.39. The molecular formula is C14H28N2O. The third-order valence-electron chi connectivity index (χ3n) is 4.39. The summed E-state index contributed by atoms with van der Waals surface area (Å²) in [6.07, 6.45) is 5.95. The van der Waals surface area contributed by atoms with Crippen LogP contribution in [-0.4, -0.2) is 17.5 Å². The molecule has 0 radical (unpaired) electrons. The summed E-state index contributed by atoms with van der Waals surface area (Å²) in [6.45, 7) is 8.56. The minimum atomic E-state index is -0.674. The lowest BCUT2D eigenvalue weighted by atomic mass is 9.75. The second-order valence-electron chi connectivity index (χ2n) is 6.28. The minimum absolute atomic E-state index is 0.0345. The average Bonchev–Trinajstić information content (AvgIpc) is 2.30. The summed E-state index contributed by atoms with van der Waals surface area (Å²) in [5.74, 6) is 0.0345. The van der Waals surface area contributed by atoms with Gasteiger partial charge in [0, 0.05) is 6.04 Å². The summed E-state index contributed by atoms with van der Waals surface area (Å²) in [7, 11) is 0. The van der Waals surface area contributed by atoms with Crippen LogP contribution in [0, 0.1) is 5.41 Å². The van der Waals surface area contributed by atoms with Gasteiger partial charge in [0.1, 0.15) is 0 Å². The second kappa shape index (κ2) is 5.38. The SMILES string of the molecule is CCC(N)(CC)C(=O)NC1CCC(C)(C)CC1. The first-order chi connectivity index (χ1) is 7.83. The summed E-state index contributed by atoms with van der Waals surface area (Å²) in [4.78, 5) is 12.1. The lowest BCUT2D eigenvalue weighted by Gasteiger charge is -2.36. The van der Waals surface area contributed by atoms with Crippen LogP contribution in [0.3, 0.4) is 0 Å². The van der Waals surface area contributed by atoms with Gasteiger partial charge in [-0.1, -0.05) is 27.7 Å². The standard InChI is InChI=1S/C14H28N2O/c1-5-14(15,6-2)12(17)16-11-7-9-13(3,4)10-8-11/h11H,5-10,15H2,1-4H3,(H,16,17). The van der Waals surface area contributed by atoms with Gasteiger partial charge in [0.25, 0.3) is 0 Å². The van der Waals surface area contributed by atoms with Crippen molar-refractivity contribution in [3.8, 4) is 0 Å². The zero-order valence-corrected chi connectivity index (χ0v) is 11.8. The molecule has 1 saturated carbocycles. The van der Waals surface area contributed by atoms with Gasteiger partial charge in [0.15, 0.2) is 0 Å². The highest BCUT2D eigenvalue weighted by Gasteiger charge is 2.33. The van der Waals surface area contributed by atoms with E-state index in [1.54, 1.807) is 0 Å². The number of rotatable bonds is 4. The van der Waals surface area contributed by atoms with Crippen molar-refractivity contribution in [2.45, 2.75) is 77.8 Å². The van der Waals surface area contributed by atoms with Crippen molar-refractivity contribution in [1.82, 2.24) is 5.32 Å². The van der Waals surface area contributed by atoms with Crippen molar-refractivity contribution in [1.29, 1.82) is 0 Å². The maximum absolute atomic E-state index is 12.1. The maximum Gasteiger partial charge on any atom is 0.240 e. The fourth-order valence-electron chi connectivity index (χ4n) is 2.44. The predicted molar refractivity (Wildman–Crippen MR) is 71.7 cm³/mol. The van der Waals surface area contributed by atoms with Gasteiger partial charge in [-0.25, -0.2) is 0 Å². The van der Waals surface area contributed by atoms with Crippen LogP contribution in [0.2, 0.25) is 0 Å². The fourth-order valence-corrected chi connectivity index (χ4v) is 2.44. The van der Waals surface area contributed by atoms with E-state index < -0.39 is 5.54 Å². The first-order valence-electron chi connectivity index (χ1n) is 6.93. The number of nitrogens with one attached hydrogen (secondary N) is 1. The van der Waals surface area contributed by atoms with E-state index in [9.17, 15) is 4.79 Å². The number of nitrogens with two attached hydrogens (primary N) is 1. The van der Waals surface area contributed by atoms with Crippen LogP contribution < -0.4 is 11.1 Å². The van der Waals surface area contributed by atoms with Crippen LogP contribution in [0.25, 0.3) is 0 Å². The van der Waals surface area contributed by atoms with Crippen LogP contribution in [0.1, 0.15) is 66.2 Å². The molecule has 0 saturated heterocycles. The topological polar surface area (TPSA) is 55.1 Å². The molecule has 0 atom stereocenters. The Kier molecular flexibility index (Phi) is 4.59. The zero-order valence-electron chi connectivity index (χ0n) is 11.8. The number of amides is 1. The van der Waals surface area contributed by atoms with Crippen molar-refractivity contribution in [3.05, 3.63) is 0 Å². The fraction of sp³-hybridized carbons (Fsp3) is 0.929. The quantitative estimate of drug-likeness (QED) is 0.793. The molecule has 3 heteroatoms. The van der Waals surface area contributed by atoms with E-state index in [1.807, 2.05) is 13.8 Å². The Balaban J connectivity index is 2.48. The molecule has 0 bridgehead atoms. The first kappa shape index (κ1) is 14.5. The monoisotopic (exact) mass is 240 g/mol. The first-order valence-corrected chi connectivity index (χ1v) is 6.93. The van der Waals surface area contributed by atoms with Gasteiger partial charge in [0.2, 0.25) is 5.91 Å². The number of hydrogen-bond acceptors (Lipinski definition) is 2. The number of carbonyl (C=O) groups excluding carboxylic acids is 1. The maximum atomic E-state index is 12.1. The molecule has 0 aliphatic heterocycles. The normalized spacial score (nSPS) is 21.2.